The summed E-state index contributed by atoms with van der Waals surface area (Å²) in [5.41, 5.74) is 0.492. The Morgan fingerprint density at radius 3 is 2.75 bits per heavy atom. The molecule has 1 aromatic rings. The van der Waals surface area contributed by atoms with Gasteiger partial charge in [0.2, 0.25) is 5.91 Å². The van der Waals surface area contributed by atoms with E-state index in [0.717, 1.165) is 0 Å². The van der Waals surface area contributed by atoms with E-state index in [0.29, 0.717) is 15.7 Å². The number of hydrogen-bond acceptors (Lipinski definition) is 2. The topological polar surface area (TPSA) is 38.3 Å². The first kappa shape index (κ1) is 13.3. The van der Waals surface area contributed by atoms with Crippen LogP contribution in [0.1, 0.15) is 13.8 Å². The van der Waals surface area contributed by atoms with Gasteiger partial charge in [0.15, 0.2) is 0 Å². The van der Waals surface area contributed by atoms with E-state index in [9.17, 15) is 4.79 Å². The smallest absolute Gasteiger partial charge is 0.250 e. The highest BCUT2D eigenvalue weighted by Crippen LogP contribution is 2.29. The van der Waals surface area contributed by atoms with Gasteiger partial charge in [-0.3, -0.25) is 4.79 Å². The zero-order valence-electron chi connectivity index (χ0n) is 9.09. The van der Waals surface area contributed by atoms with E-state index in [2.05, 4.69) is 5.32 Å². The second kappa shape index (κ2) is 6.09. The zero-order chi connectivity index (χ0) is 12.1. The summed E-state index contributed by atoms with van der Waals surface area (Å²) >= 11 is 11.7. The van der Waals surface area contributed by atoms with Crippen LogP contribution in [0.5, 0.6) is 0 Å². The van der Waals surface area contributed by atoms with Crippen molar-refractivity contribution in [2.45, 2.75) is 20.0 Å². The quantitative estimate of drug-likeness (QED) is 0.903. The Kier molecular flexibility index (Phi) is 5.06. The fourth-order valence-electron chi connectivity index (χ4n) is 1.03. The van der Waals surface area contributed by atoms with Crippen molar-refractivity contribution in [3.8, 4) is 0 Å². The summed E-state index contributed by atoms with van der Waals surface area (Å²) in [6.45, 7) is 3.72. The van der Waals surface area contributed by atoms with Gasteiger partial charge in [-0.25, -0.2) is 0 Å². The highest BCUT2D eigenvalue weighted by molar-refractivity contribution is 6.43. The molecule has 0 heterocycles. The summed E-state index contributed by atoms with van der Waals surface area (Å²) in [5.74, 6) is -0.252. The SMILES string of the molecule is CC(C)OCC(=O)Nc1cccc(Cl)c1Cl. The van der Waals surface area contributed by atoms with Crippen LogP contribution in [0.25, 0.3) is 0 Å². The number of carbonyl (C=O) groups excluding carboxylic acids is 1. The number of benzene rings is 1. The maximum absolute atomic E-state index is 11.4. The van der Waals surface area contributed by atoms with Gasteiger partial charge < -0.3 is 10.1 Å². The highest BCUT2D eigenvalue weighted by Gasteiger charge is 2.08. The normalized spacial score (nSPS) is 10.6. The monoisotopic (exact) mass is 261 g/mol. The molecule has 0 aliphatic carbocycles. The standard InChI is InChI=1S/C11H13Cl2NO2/c1-7(2)16-6-10(15)14-9-5-3-4-8(12)11(9)13/h3-5,7H,6H2,1-2H3,(H,14,15). The van der Waals surface area contributed by atoms with Gasteiger partial charge in [-0.1, -0.05) is 29.3 Å². The predicted octanol–water partition coefficient (Wildman–Crippen LogP) is 3.36. The van der Waals surface area contributed by atoms with E-state index in [-0.39, 0.29) is 18.6 Å². The summed E-state index contributed by atoms with van der Waals surface area (Å²) in [6.07, 6.45) is 0.0144. The Morgan fingerprint density at radius 2 is 2.12 bits per heavy atom. The third-order valence-corrected chi connectivity index (χ3v) is 2.59. The molecular weight excluding hydrogens is 249 g/mol. The number of rotatable bonds is 4. The van der Waals surface area contributed by atoms with Crippen molar-refractivity contribution in [3.63, 3.8) is 0 Å². The van der Waals surface area contributed by atoms with E-state index < -0.39 is 0 Å². The van der Waals surface area contributed by atoms with Crippen molar-refractivity contribution in [2.24, 2.45) is 0 Å². The van der Waals surface area contributed by atoms with Crippen LogP contribution in [0.3, 0.4) is 0 Å². The maximum atomic E-state index is 11.4. The summed E-state index contributed by atoms with van der Waals surface area (Å²) in [5, 5.41) is 3.37. The Hall–Kier alpha value is -0.770. The second-order valence-corrected chi connectivity index (χ2v) is 4.29. The number of nitrogens with one attached hydrogen (secondary N) is 1. The minimum absolute atomic E-state index is 0.000505. The van der Waals surface area contributed by atoms with Crippen LogP contribution in [-0.4, -0.2) is 18.6 Å². The van der Waals surface area contributed by atoms with Crippen LogP contribution in [0.4, 0.5) is 5.69 Å². The first-order valence-corrected chi connectivity index (χ1v) is 5.61. The van der Waals surface area contributed by atoms with Crippen molar-refractivity contribution in [2.75, 3.05) is 11.9 Å². The molecule has 1 amide bonds. The van der Waals surface area contributed by atoms with Crippen LogP contribution in [0, 0.1) is 0 Å². The zero-order valence-corrected chi connectivity index (χ0v) is 10.6. The van der Waals surface area contributed by atoms with Crippen molar-refractivity contribution >= 4 is 34.8 Å². The second-order valence-electron chi connectivity index (χ2n) is 3.51. The molecule has 0 aliphatic heterocycles. The predicted molar refractivity (Wildman–Crippen MR) is 66.2 cm³/mol. The van der Waals surface area contributed by atoms with Gasteiger partial charge in [-0.05, 0) is 26.0 Å². The molecule has 1 rings (SSSR count). The molecule has 0 bridgehead atoms. The molecule has 0 radical (unpaired) electrons. The Labute approximate surface area is 105 Å². The number of amides is 1. The number of carbonyl (C=O) groups is 1. The first-order valence-electron chi connectivity index (χ1n) is 4.86. The van der Waals surface area contributed by atoms with Crippen LogP contribution in [0.2, 0.25) is 10.0 Å². The lowest BCUT2D eigenvalue weighted by Crippen LogP contribution is -2.20. The van der Waals surface area contributed by atoms with Gasteiger partial charge in [0, 0.05) is 0 Å². The molecule has 0 aromatic heterocycles. The molecule has 0 unspecified atom stereocenters. The average molecular weight is 262 g/mol. The molecule has 1 N–H and O–H groups in total. The van der Waals surface area contributed by atoms with E-state index in [1.165, 1.54) is 0 Å². The number of ether oxygens (including phenoxy) is 1. The lowest BCUT2D eigenvalue weighted by atomic mass is 10.3. The Bertz CT molecular complexity index is 380. The van der Waals surface area contributed by atoms with Crippen LogP contribution >= 0.6 is 23.2 Å². The molecule has 3 nitrogen and oxygen atoms in total. The minimum Gasteiger partial charge on any atom is -0.369 e. The number of halogens is 2. The molecule has 88 valence electrons. The molecule has 1 aromatic carbocycles. The van der Waals surface area contributed by atoms with Gasteiger partial charge in [-0.2, -0.15) is 0 Å². The molecule has 0 fully saturated rings. The first-order chi connectivity index (χ1) is 7.50. The summed E-state index contributed by atoms with van der Waals surface area (Å²) in [6, 6.07) is 5.05. The van der Waals surface area contributed by atoms with Gasteiger partial charge >= 0.3 is 0 Å². The third-order valence-electron chi connectivity index (χ3n) is 1.77. The van der Waals surface area contributed by atoms with E-state index >= 15 is 0 Å². The van der Waals surface area contributed by atoms with E-state index in [4.69, 9.17) is 27.9 Å². The molecule has 0 spiro atoms. The van der Waals surface area contributed by atoms with Crippen LogP contribution < -0.4 is 5.32 Å². The fraction of sp³-hybridized carbons (Fsp3) is 0.364. The van der Waals surface area contributed by atoms with Crippen LogP contribution in [0.15, 0.2) is 18.2 Å². The molecule has 0 atom stereocenters. The van der Waals surface area contributed by atoms with Gasteiger partial charge in [0.1, 0.15) is 6.61 Å². The maximum Gasteiger partial charge on any atom is 0.250 e. The Balaban J connectivity index is 2.59. The summed E-state index contributed by atoms with van der Waals surface area (Å²) in [4.78, 5) is 11.4. The Morgan fingerprint density at radius 1 is 1.44 bits per heavy atom. The third kappa shape index (κ3) is 4.00. The number of anilines is 1. The fourth-order valence-corrected chi connectivity index (χ4v) is 1.38. The van der Waals surface area contributed by atoms with Gasteiger partial charge in [-0.15, -0.1) is 0 Å². The van der Waals surface area contributed by atoms with E-state index in [1.807, 2.05) is 13.8 Å². The van der Waals surface area contributed by atoms with Crippen molar-refractivity contribution in [3.05, 3.63) is 28.2 Å². The highest BCUT2D eigenvalue weighted by atomic mass is 35.5. The lowest BCUT2D eigenvalue weighted by Gasteiger charge is -2.10. The minimum atomic E-state index is -0.252. The average Bonchev–Trinajstić information content (AvgIpc) is 2.22. The van der Waals surface area contributed by atoms with Crippen molar-refractivity contribution < 1.29 is 9.53 Å². The molecule has 0 saturated carbocycles. The molecule has 0 aliphatic rings. The summed E-state index contributed by atoms with van der Waals surface area (Å²) < 4.78 is 5.16. The van der Waals surface area contributed by atoms with Crippen LogP contribution in [-0.2, 0) is 9.53 Å². The lowest BCUT2D eigenvalue weighted by molar-refractivity contribution is -0.121. The number of hydrogen-bond donors (Lipinski definition) is 1. The van der Waals surface area contributed by atoms with Crippen molar-refractivity contribution in [1.82, 2.24) is 0 Å². The largest absolute Gasteiger partial charge is 0.369 e. The van der Waals surface area contributed by atoms with Gasteiger partial charge in [0.25, 0.3) is 0 Å². The van der Waals surface area contributed by atoms with E-state index in [1.54, 1.807) is 18.2 Å². The van der Waals surface area contributed by atoms with Crippen molar-refractivity contribution in [1.29, 1.82) is 0 Å². The molecule has 0 saturated heterocycles. The summed E-state index contributed by atoms with van der Waals surface area (Å²) in [7, 11) is 0. The molecule has 5 heteroatoms. The molecular formula is C11H13Cl2NO2. The van der Waals surface area contributed by atoms with Gasteiger partial charge in [0.05, 0.1) is 21.8 Å². The molecule has 16 heavy (non-hydrogen) atoms.